The summed E-state index contributed by atoms with van der Waals surface area (Å²) in [4.78, 5) is 11.9. The van der Waals surface area contributed by atoms with Crippen molar-refractivity contribution in [3.05, 3.63) is 48.0 Å². The van der Waals surface area contributed by atoms with Crippen LogP contribution in [0.3, 0.4) is 0 Å². The van der Waals surface area contributed by atoms with Crippen LogP contribution in [-0.2, 0) is 16.4 Å². The van der Waals surface area contributed by atoms with Crippen molar-refractivity contribution in [3.8, 4) is 11.5 Å². The fraction of sp³-hybridized carbons (Fsp3) is 0.278. The third kappa shape index (κ3) is 6.15. The van der Waals surface area contributed by atoms with Gasteiger partial charge in [-0.1, -0.05) is 6.07 Å². The highest BCUT2D eigenvalue weighted by atomic mass is 32.2. The zero-order chi connectivity index (χ0) is 19.9. The minimum Gasteiger partial charge on any atom is -0.493 e. The van der Waals surface area contributed by atoms with E-state index in [0.29, 0.717) is 36.8 Å². The number of primary sulfonamides is 1. The fourth-order valence-electron chi connectivity index (χ4n) is 2.37. The zero-order valence-corrected chi connectivity index (χ0v) is 16.0. The summed E-state index contributed by atoms with van der Waals surface area (Å²) in [6.07, 6.45) is 0.612. The summed E-state index contributed by atoms with van der Waals surface area (Å²) in [5, 5.41) is 10.4. The van der Waals surface area contributed by atoms with E-state index in [1.54, 1.807) is 7.11 Å². The molecule has 146 valence electrons. The average molecular weight is 393 g/mol. The molecular formula is C18H23N3O5S. The molecule has 0 aliphatic heterocycles. The van der Waals surface area contributed by atoms with Gasteiger partial charge < -0.3 is 20.1 Å². The first-order chi connectivity index (χ1) is 12.8. The molecule has 0 radical (unpaired) electrons. The van der Waals surface area contributed by atoms with Gasteiger partial charge in [0.05, 0.1) is 18.6 Å². The number of carbonyl (C=O) groups is 1. The summed E-state index contributed by atoms with van der Waals surface area (Å²) < 4.78 is 33.2. The highest BCUT2D eigenvalue weighted by Gasteiger charge is 2.08. The summed E-state index contributed by atoms with van der Waals surface area (Å²) in [6, 6.07) is 10.8. The van der Waals surface area contributed by atoms with Gasteiger partial charge in [0.1, 0.15) is 0 Å². The molecule has 0 atom stereocenters. The first-order valence-corrected chi connectivity index (χ1v) is 9.85. The number of anilines is 1. The average Bonchev–Trinajstić information content (AvgIpc) is 2.62. The number of ether oxygens (including phenoxy) is 2. The van der Waals surface area contributed by atoms with Gasteiger partial charge in [-0.25, -0.2) is 18.4 Å². The second kappa shape index (κ2) is 9.24. The molecule has 0 fully saturated rings. The minimum atomic E-state index is -3.75. The fourth-order valence-corrected chi connectivity index (χ4v) is 2.88. The molecule has 0 aliphatic rings. The Morgan fingerprint density at radius 2 is 1.81 bits per heavy atom. The largest absolute Gasteiger partial charge is 0.493 e. The molecule has 27 heavy (non-hydrogen) atoms. The maximum Gasteiger partial charge on any atom is 0.319 e. The van der Waals surface area contributed by atoms with Gasteiger partial charge in [-0.15, -0.1) is 0 Å². The Kier molecular flexibility index (Phi) is 7.03. The summed E-state index contributed by atoms with van der Waals surface area (Å²) in [6.45, 7) is 2.87. The normalized spacial score (nSPS) is 10.9. The topological polar surface area (TPSA) is 120 Å². The molecule has 2 amide bonds. The monoisotopic (exact) mass is 393 g/mol. The highest BCUT2D eigenvalue weighted by molar-refractivity contribution is 7.89. The predicted octanol–water partition coefficient (Wildman–Crippen LogP) is 2.11. The molecule has 0 bridgehead atoms. The van der Waals surface area contributed by atoms with Crippen LogP contribution in [0.4, 0.5) is 10.5 Å². The van der Waals surface area contributed by atoms with Crippen LogP contribution in [0.15, 0.2) is 47.4 Å². The molecule has 8 nitrogen and oxygen atoms in total. The van der Waals surface area contributed by atoms with E-state index in [-0.39, 0.29) is 4.90 Å². The van der Waals surface area contributed by atoms with Gasteiger partial charge in [-0.2, -0.15) is 0 Å². The lowest BCUT2D eigenvalue weighted by molar-refractivity contribution is 0.252. The van der Waals surface area contributed by atoms with E-state index in [9.17, 15) is 13.2 Å². The number of carbonyl (C=O) groups excluding carboxylic acids is 1. The number of hydrogen-bond donors (Lipinski definition) is 3. The van der Waals surface area contributed by atoms with Crippen molar-refractivity contribution in [2.45, 2.75) is 18.2 Å². The highest BCUT2D eigenvalue weighted by Crippen LogP contribution is 2.28. The van der Waals surface area contributed by atoms with E-state index in [2.05, 4.69) is 10.6 Å². The van der Waals surface area contributed by atoms with E-state index < -0.39 is 16.1 Å². The molecule has 0 aromatic heterocycles. The Labute approximate surface area is 158 Å². The molecule has 4 N–H and O–H groups in total. The maximum atomic E-state index is 11.9. The van der Waals surface area contributed by atoms with Gasteiger partial charge in [-0.05, 0) is 55.3 Å². The molecule has 0 heterocycles. The van der Waals surface area contributed by atoms with E-state index in [1.807, 2.05) is 25.1 Å². The van der Waals surface area contributed by atoms with Crippen LogP contribution in [0.5, 0.6) is 11.5 Å². The molecule has 2 rings (SSSR count). The van der Waals surface area contributed by atoms with Gasteiger partial charge >= 0.3 is 6.03 Å². The zero-order valence-electron chi connectivity index (χ0n) is 15.2. The number of methoxy groups -OCH3 is 1. The van der Waals surface area contributed by atoms with Crippen LogP contribution < -0.4 is 25.2 Å². The predicted molar refractivity (Wildman–Crippen MR) is 103 cm³/mol. The number of benzene rings is 2. The number of urea groups is 1. The molecule has 0 saturated carbocycles. The Balaban J connectivity index is 1.85. The van der Waals surface area contributed by atoms with Crippen LogP contribution in [0.2, 0.25) is 0 Å². The molecule has 2 aromatic carbocycles. The number of nitrogens with one attached hydrogen (secondary N) is 2. The number of sulfonamides is 1. The molecule has 2 aromatic rings. The SMILES string of the molecule is CCOc1ccc(CCNC(=O)Nc2ccc(S(N)(=O)=O)cc2)cc1OC. The van der Waals surface area contributed by atoms with Crippen molar-refractivity contribution < 1.29 is 22.7 Å². The number of amides is 2. The number of hydrogen-bond acceptors (Lipinski definition) is 5. The van der Waals surface area contributed by atoms with Crippen molar-refractivity contribution in [1.82, 2.24) is 5.32 Å². The van der Waals surface area contributed by atoms with Gasteiger partial charge in [0.25, 0.3) is 0 Å². The van der Waals surface area contributed by atoms with Crippen LogP contribution >= 0.6 is 0 Å². The lowest BCUT2D eigenvalue weighted by Crippen LogP contribution is -2.30. The maximum absolute atomic E-state index is 11.9. The van der Waals surface area contributed by atoms with E-state index in [4.69, 9.17) is 14.6 Å². The lowest BCUT2D eigenvalue weighted by atomic mass is 10.1. The molecule has 0 spiro atoms. The quantitative estimate of drug-likeness (QED) is 0.634. The Bertz CT molecular complexity index is 882. The third-order valence-corrected chi connectivity index (χ3v) is 4.60. The van der Waals surface area contributed by atoms with Gasteiger partial charge in [0, 0.05) is 12.2 Å². The van der Waals surface area contributed by atoms with E-state index >= 15 is 0 Å². The molecule has 0 saturated heterocycles. The van der Waals surface area contributed by atoms with Gasteiger partial charge in [0.2, 0.25) is 10.0 Å². The summed E-state index contributed by atoms with van der Waals surface area (Å²) in [5.74, 6) is 1.33. The molecule has 0 aliphatic carbocycles. The second-order valence-electron chi connectivity index (χ2n) is 5.62. The minimum absolute atomic E-state index is 0.0158. The number of nitrogens with two attached hydrogens (primary N) is 1. The van der Waals surface area contributed by atoms with E-state index in [1.165, 1.54) is 24.3 Å². The Morgan fingerprint density at radius 1 is 1.11 bits per heavy atom. The molecule has 0 unspecified atom stereocenters. The summed E-state index contributed by atoms with van der Waals surface area (Å²) in [5.41, 5.74) is 1.45. The first-order valence-electron chi connectivity index (χ1n) is 8.31. The van der Waals surface area contributed by atoms with Crippen molar-refractivity contribution in [3.63, 3.8) is 0 Å². The Hall–Kier alpha value is -2.78. The number of rotatable bonds is 8. The summed E-state index contributed by atoms with van der Waals surface area (Å²) in [7, 11) is -2.18. The third-order valence-electron chi connectivity index (χ3n) is 3.67. The van der Waals surface area contributed by atoms with Crippen molar-refractivity contribution in [2.75, 3.05) is 25.6 Å². The van der Waals surface area contributed by atoms with Gasteiger partial charge in [-0.3, -0.25) is 0 Å². The Morgan fingerprint density at radius 3 is 2.41 bits per heavy atom. The summed E-state index contributed by atoms with van der Waals surface area (Å²) >= 11 is 0. The van der Waals surface area contributed by atoms with E-state index in [0.717, 1.165) is 5.56 Å². The van der Waals surface area contributed by atoms with Crippen LogP contribution in [-0.4, -0.2) is 34.7 Å². The van der Waals surface area contributed by atoms with Crippen molar-refractivity contribution >= 4 is 21.7 Å². The van der Waals surface area contributed by atoms with Crippen LogP contribution in [0, 0.1) is 0 Å². The van der Waals surface area contributed by atoms with Gasteiger partial charge in [0.15, 0.2) is 11.5 Å². The van der Waals surface area contributed by atoms with Crippen molar-refractivity contribution in [2.24, 2.45) is 5.14 Å². The first kappa shape index (κ1) is 20.5. The van der Waals surface area contributed by atoms with Crippen LogP contribution in [0.1, 0.15) is 12.5 Å². The second-order valence-corrected chi connectivity index (χ2v) is 7.18. The molecular weight excluding hydrogens is 370 g/mol. The molecule has 9 heteroatoms. The lowest BCUT2D eigenvalue weighted by Gasteiger charge is -2.11. The van der Waals surface area contributed by atoms with Crippen molar-refractivity contribution in [1.29, 1.82) is 0 Å². The van der Waals surface area contributed by atoms with Crippen LogP contribution in [0.25, 0.3) is 0 Å². The standard InChI is InChI=1S/C18H23N3O5S/c1-3-26-16-9-4-13(12-17(16)25-2)10-11-20-18(22)21-14-5-7-15(8-6-14)27(19,23)24/h4-9,12H,3,10-11H2,1-2H3,(H2,19,23,24)(H2,20,21,22). The smallest absolute Gasteiger partial charge is 0.319 e.